The summed E-state index contributed by atoms with van der Waals surface area (Å²) in [6.45, 7) is 0.544. The molecule has 0 fully saturated rings. The fourth-order valence-electron chi connectivity index (χ4n) is 1.70. The predicted octanol–water partition coefficient (Wildman–Crippen LogP) is 3.29. The van der Waals surface area contributed by atoms with Gasteiger partial charge in [0.2, 0.25) is 5.78 Å². The summed E-state index contributed by atoms with van der Waals surface area (Å²) in [5.74, 6) is -0.352. The van der Waals surface area contributed by atoms with E-state index in [1.165, 1.54) is 12.1 Å². The highest BCUT2D eigenvalue weighted by Gasteiger charge is 2.17. The zero-order valence-corrected chi connectivity index (χ0v) is 9.97. The minimum absolute atomic E-state index is 0.0582. The molecule has 0 spiro atoms. The molecule has 0 aromatic heterocycles. The van der Waals surface area contributed by atoms with Gasteiger partial charge in [-0.05, 0) is 31.1 Å². The van der Waals surface area contributed by atoms with Crippen LogP contribution in [0.1, 0.15) is 18.4 Å². The molecule has 1 aliphatic heterocycles. The molecular formula is C13H12ClFO2. The van der Waals surface area contributed by atoms with Gasteiger partial charge < -0.3 is 4.74 Å². The normalized spacial score (nSPS) is 15.1. The second-order valence-electron chi connectivity index (χ2n) is 3.86. The Bertz CT molecular complexity index is 448. The lowest BCUT2D eigenvalue weighted by molar-refractivity contribution is -0.118. The Labute approximate surface area is 104 Å². The Kier molecular flexibility index (Phi) is 3.79. The Morgan fingerprint density at radius 2 is 2.29 bits per heavy atom. The molecule has 1 heterocycles. The topological polar surface area (TPSA) is 26.3 Å². The van der Waals surface area contributed by atoms with Crippen molar-refractivity contribution in [2.75, 3.05) is 6.61 Å². The number of rotatable bonds is 3. The van der Waals surface area contributed by atoms with Crippen molar-refractivity contribution < 1.29 is 13.9 Å². The molecule has 0 saturated carbocycles. The van der Waals surface area contributed by atoms with Gasteiger partial charge >= 0.3 is 0 Å². The van der Waals surface area contributed by atoms with Crippen LogP contribution in [0.15, 0.2) is 30.0 Å². The van der Waals surface area contributed by atoms with Crippen LogP contribution >= 0.6 is 11.6 Å². The van der Waals surface area contributed by atoms with Gasteiger partial charge in [-0.3, -0.25) is 4.79 Å². The highest BCUT2D eigenvalue weighted by Crippen LogP contribution is 2.21. The van der Waals surface area contributed by atoms with Gasteiger partial charge in [0.1, 0.15) is 5.82 Å². The third-order valence-electron chi connectivity index (χ3n) is 2.61. The molecule has 0 N–H and O–H groups in total. The summed E-state index contributed by atoms with van der Waals surface area (Å²) in [6, 6.07) is 4.38. The summed E-state index contributed by atoms with van der Waals surface area (Å²) < 4.78 is 18.7. The molecule has 0 amide bonds. The average molecular weight is 255 g/mol. The van der Waals surface area contributed by atoms with Crippen molar-refractivity contribution in [3.05, 3.63) is 46.4 Å². The number of carbonyl (C=O) groups excluding carboxylic acids is 1. The molecule has 0 aliphatic carbocycles. The Morgan fingerprint density at radius 3 is 2.94 bits per heavy atom. The number of hydrogen-bond acceptors (Lipinski definition) is 2. The van der Waals surface area contributed by atoms with E-state index >= 15 is 0 Å². The third kappa shape index (κ3) is 2.86. The highest BCUT2D eigenvalue weighted by atomic mass is 35.5. The molecule has 17 heavy (non-hydrogen) atoms. The Hall–Kier alpha value is -1.35. The first-order valence-electron chi connectivity index (χ1n) is 5.47. The van der Waals surface area contributed by atoms with Crippen LogP contribution in [0.2, 0.25) is 5.02 Å². The van der Waals surface area contributed by atoms with Crippen LogP contribution in [-0.2, 0) is 16.0 Å². The van der Waals surface area contributed by atoms with Crippen LogP contribution in [-0.4, -0.2) is 12.4 Å². The molecule has 0 unspecified atom stereocenters. The monoisotopic (exact) mass is 254 g/mol. The lowest BCUT2D eigenvalue weighted by atomic mass is 10.1. The first-order valence-corrected chi connectivity index (χ1v) is 5.85. The minimum Gasteiger partial charge on any atom is -0.490 e. The summed E-state index contributed by atoms with van der Waals surface area (Å²) in [7, 11) is 0. The minimum atomic E-state index is -0.456. The molecule has 0 atom stereocenters. The van der Waals surface area contributed by atoms with Crippen molar-refractivity contribution >= 4 is 17.4 Å². The SMILES string of the molecule is O=C(Cc1c(F)cccc1Cl)C1=CCCCO1. The number of hydrogen-bond donors (Lipinski definition) is 0. The van der Waals surface area contributed by atoms with Gasteiger partial charge in [0.15, 0.2) is 5.76 Å². The van der Waals surface area contributed by atoms with E-state index in [1.807, 2.05) is 0 Å². The molecular weight excluding hydrogens is 243 g/mol. The van der Waals surface area contributed by atoms with Crippen LogP contribution in [0.4, 0.5) is 4.39 Å². The third-order valence-corrected chi connectivity index (χ3v) is 2.96. The van der Waals surface area contributed by atoms with E-state index in [9.17, 15) is 9.18 Å². The molecule has 0 radical (unpaired) electrons. The van der Waals surface area contributed by atoms with E-state index in [4.69, 9.17) is 16.3 Å². The van der Waals surface area contributed by atoms with E-state index in [0.29, 0.717) is 12.4 Å². The summed E-state index contributed by atoms with van der Waals surface area (Å²) in [5, 5.41) is 0.273. The average Bonchev–Trinajstić information content (AvgIpc) is 2.35. The number of halogens is 2. The number of benzene rings is 1. The summed E-state index contributed by atoms with van der Waals surface area (Å²) in [6.07, 6.45) is 3.43. The van der Waals surface area contributed by atoms with Crippen LogP contribution in [0.25, 0.3) is 0 Å². The van der Waals surface area contributed by atoms with Gasteiger partial charge in [-0.1, -0.05) is 17.7 Å². The number of ketones is 1. The van der Waals surface area contributed by atoms with Gasteiger partial charge in [0, 0.05) is 17.0 Å². The highest BCUT2D eigenvalue weighted by molar-refractivity contribution is 6.31. The summed E-state index contributed by atoms with van der Waals surface area (Å²) >= 11 is 5.86. The molecule has 2 rings (SSSR count). The summed E-state index contributed by atoms with van der Waals surface area (Å²) in [4.78, 5) is 11.9. The lowest BCUT2D eigenvalue weighted by Crippen LogP contribution is -2.14. The largest absolute Gasteiger partial charge is 0.490 e. The molecule has 1 aliphatic rings. The maximum Gasteiger partial charge on any atom is 0.201 e. The van der Waals surface area contributed by atoms with Crippen molar-refractivity contribution in [1.82, 2.24) is 0 Å². The molecule has 1 aromatic rings. The molecule has 90 valence electrons. The fourth-order valence-corrected chi connectivity index (χ4v) is 1.93. The molecule has 2 nitrogen and oxygen atoms in total. The number of ether oxygens (including phenoxy) is 1. The maximum atomic E-state index is 13.5. The van der Waals surface area contributed by atoms with Crippen molar-refractivity contribution in [2.45, 2.75) is 19.3 Å². The Balaban J connectivity index is 2.15. The Morgan fingerprint density at radius 1 is 1.47 bits per heavy atom. The number of carbonyl (C=O) groups is 1. The standard InChI is InChI=1S/C13H12ClFO2/c14-10-4-3-5-11(15)9(10)8-12(16)13-6-1-2-7-17-13/h3-6H,1-2,7-8H2. The molecule has 0 bridgehead atoms. The van der Waals surface area contributed by atoms with Gasteiger partial charge in [-0.2, -0.15) is 0 Å². The quantitative estimate of drug-likeness (QED) is 0.827. The van der Waals surface area contributed by atoms with Crippen LogP contribution in [0.5, 0.6) is 0 Å². The van der Waals surface area contributed by atoms with Crippen molar-refractivity contribution in [1.29, 1.82) is 0 Å². The van der Waals surface area contributed by atoms with Gasteiger partial charge in [0.25, 0.3) is 0 Å². The summed E-state index contributed by atoms with van der Waals surface area (Å²) in [5.41, 5.74) is 0.231. The number of Topliss-reactive ketones (excluding diaryl/α,β-unsaturated/α-hetero) is 1. The first kappa shape index (κ1) is 12.1. The van der Waals surface area contributed by atoms with Gasteiger partial charge in [-0.15, -0.1) is 0 Å². The lowest BCUT2D eigenvalue weighted by Gasteiger charge is -2.14. The molecule has 4 heteroatoms. The van der Waals surface area contributed by atoms with Crippen molar-refractivity contribution in [3.8, 4) is 0 Å². The van der Waals surface area contributed by atoms with E-state index < -0.39 is 5.82 Å². The van der Waals surface area contributed by atoms with E-state index in [2.05, 4.69) is 0 Å². The van der Waals surface area contributed by atoms with Crippen LogP contribution < -0.4 is 0 Å². The zero-order valence-electron chi connectivity index (χ0n) is 9.21. The number of allylic oxidation sites excluding steroid dienone is 2. The zero-order chi connectivity index (χ0) is 12.3. The first-order chi connectivity index (χ1) is 8.18. The van der Waals surface area contributed by atoms with E-state index in [-0.39, 0.29) is 22.8 Å². The molecule has 0 saturated heterocycles. The fraction of sp³-hybridized carbons (Fsp3) is 0.308. The van der Waals surface area contributed by atoms with Crippen molar-refractivity contribution in [3.63, 3.8) is 0 Å². The van der Waals surface area contributed by atoms with E-state index in [0.717, 1.165) is 12.8 Å². The van der Waals surface area contributed by atoms with Crippen molar-refractivity contribution in [2.24, 2.45) is 0 Å². The smallest absolute Gasteiger partial charge is 0.201 e. The predicted molar refractivity (Wildman–Crippen MR) is 63.4 cm³/mol. The maximum absolute atomic E-state index is 13.5. The van der Waals surface area contributed by atoms with Crippen LogP contribution in [0.3, 0.4) is 0 Å². The van der Waals surface area contributed by atoms with Crippen LogP contribution in [0, 0.1) is 5.82 Å². The second kappa shape index (κ2) is 5.32. The van der Waals surface area contributed by atoms with Gasteiger partial charge in [0.05, 0.1) is 6.61 Å². The van der Waals surface area contributed by atoms with Gasteiger partial charge in [-0.25, -0.2) is 4.39 Å². The molecule has 1 aromatic carbocycles. The van der Waals surface area contributed by atoms with E-state index in [1.54, 1.807) is 12.1 Å². The second-order valence-corrected chi connectivity index (χ2v) is 4.27.